The van der Waals surface area contributed by atoms with E-state index in [9.17, 15) is 14.7 Å². The van der Waals surface area contributed by atoms with Crippen LogP contribution >= 0.6 is 11.6 Å². The van der Waals surface area contributed by atoms with Crippen molar-refractivity contribution in [2.45, 2.75) is 18.9 Å². The van der Waals surface area contributed by atoms with Gasteiger partial charge in [-0.15, -0.1) is 0 Å². The van der Waals surface area contributed by atoms with Crippen molar-refractivity contribution in [3.63, 3.8) is 0 Å². The van der Waals surface area contributed by atoms with E-state index >= 15 is 0 Å². The average Bonchev–Trinajstić information content (AvgIpc) is 2.99. The second-order valence-electron chi connectivity index (χ2n) is 5.83. The molecule has 1 heterocycles. The van der Waals surface area contributed by atoms with E-state index < -0.39 is 12.0 Å². The molecule has 0 fully saturated rings. The first-order chi connectivity index (χ1) is 12.0. The molecule has 3 N–H and O–H groups in total. The van der Waals surface area contributed by atoms with Crippen LogP contribution in [0.25, 0.3) is 10.9 Å². The lowest BCUT2D eigenvalue weighted by molar-refractivity contribution is -0.141. The fourth-order valence-corrected chi connectivity index (χ4v) is 2.88. The van der Waals surface area contributed by atoms with Gasteiger partial charge in [0.25, 0.3) is 0 Å². The highest BCUT2D eigenvalue weighted by Gasteiger charge is 2.21. The van der Waals surface area contributed by atoms with Crippen molar-refractivity contribution in [1.29, 1.82) is 0 Å². The van der Waals surface area contributed by atoms with Gasteiger partial charge in [0.1, 0.15) is 6.04 Å². The van der Waals surface area contributed by atoms with Gasteiger partial charge in [0, 0.05) is 28.5 Å². The molecule has 0 aliphatic rings. The van der Waals surface area contributed by atoms with Gasteiger partial charge in [-0.1, -0.05) is 41.9 Å². The van der Waals surface area contributed by atoms with Crippen molar-refractivity contribution in [2.24, 2.45) is 0 Å². The van der Waals surface area contributed by atoms with E-state index in [-0.39, 0.29) is 18.7 Å². The Morgan fingerprint density at radius 2 is 1.84 bits per heavy atom. The van der Waals surface area contributed by atoms with E-state index in [1.165, 1.54) is 0 Å². The number of aromatic nitrogens is 1. The smallest absolute Gasteiger partial charge is 0.326 e. The van der Waals surface area contributed by atoms with Crippen LogP contribution < -0.4 is 5.32 Å². The number of halogens is 1. The molecular weight excluding hydrogens is 340 g/mol. The monoisotopic (exact) mass is 356 g/mol. The molecule has 6 heteroatoms. The SMILES string of the molecule is O=C(Cc1ccc(Cl)cc1)NC(Cc1c[nH]c2ccccc12)C(=O)O. The fourth-order valence-electron chi connectivity index (χ4n) is 2.75. The summed E-state index contributed by atoms with van der Waals surface area (Å²) in [6.45, 7) is 0. The average molecular weight is 357 g/mol. The zero-order chi connectivity index (χ0) is 17.8. The quantitative estimate of drug-likeness (QED) is 0.634. The number of benzene rings is 2. The summed E-state index contributed by atoms with van der Waals surface area (Å²) in [5, 5.41) is 13.6. The number of amides is 1. The predicted octanol–water partition coefficient (Wildman–Crippen LogP) is 3.18. The highest BCUT2D eigenvalue weighted by molar-refractivity contribution is 6.30. The summed E-state index contributed by atoms with van der Waals surface area (Å²) < 4.78 is 0. The number of para-hydroxylation sites is 1. The molecule has 0 saturated carbocycles. The van der Waals surface area contributed by atoms with E-state index in [0.29, 0.717) is 5.02 Å². The van der Waals surface area contributed by atoms with Gasteiger partial charge in [-0.2, -0.15) is 0 Å². The normalized spacial score (nSPS) is 12.0. The number of carboxylic acid groups (broad SMARTS) is 1. The lowest BCUT2D eigenvalue weighted by atomic mass is 10.0. The second kappa shape index (κ2) is 7.40. The summed E-state index contributed by atoms with van der Waals surface area (Å²) in [6.07, 6.45) is 2.10. The number of aliphatic carboxylic acids is 1. The number of fused-ring (bicyclic) bond motifs is 1. The third-order valence-electron chi connectivity index (χ3n) is 4.01. The molecule has 0 radical (unpaired) electrons. The number of rotatable bonds is 6. The molecule has 3 aromatic rings. The first kappa shape index (κ1) is 17.0. The summed E-state index contributed by atoms with van der Waals surface area (Å²) in [7, 11) is 0. The molecule has 0 spiro atoms. The second-order valence-corrected chi connectivity index (χ2v) is 6.26. The molecule has 0 aliphatic carbocycles. The van der Waals surface area contributed by atoms with Gasteiger partial charge in [-0.25, -0.2) is 4.79 Å². The number of nitrogens with one attached hydrogen (secondary N) is 2. The Labute approximate surface area is 149 Å². The number of H-pyrrole nitrogens is 1. The van der Waals surface area contributed by atoms with Crippen LogP contribution in [0.15, 0.2) is 54.7 Å². The maximum absolute atomic E-state index is 12.2. The third-order valence-corrected chi connectivity index (χ3v) is 4.26. The Balaban J connectivity index is 1.69. The maximum atomic E-state index is 12.2. The summed E-state index contributed by atoms with van der Waals surface area (Å²) in [6, 6.07) is 13.6. The van der Waals surface area contributed by atoms with Gasteiger partial charge in [0.05, 0.1) is 6.42 Å². The van der Waals surface area contributed by atoms with Crippen LogP contribution in [0.5, 0.6) is 0 Å². The minimum absolute atomic E-state index is 0.106. The third kappa shape index (κ3) is 4.19. The summed E-state index contributed by atoms with van der Waals surface area (Å²) in [4.78, 5) is 26.9. The lowest BCUT2D eigenvalue weighted by Gasteiger charge is -2.14. The highest BCUT2D eigenvalue weighted by Crippen LogP contribution is 2.19. The Kier molecular flexibility index (Phi) is 5.05. The van der Waals surface area contributed by atoms with Gasteiger partial charge in [-0.3, -0.25) is 4.79 Å². The molecule has 128 valence electrons. The molecule has 1 unspecified atom stereocenters. The predicted molar refractivity (Wildman–Crippen MR) is 96.7 cm³/mol. The van der Waals surface area contributed by atoms with Crippen LogP contribution in [-0.2, 0) is 22.4 Å². The van der Waals surface area contributed by atoms with Crippen LogP contribution in [0.1, 0.15) is 11.1 Å². The first-order valence-electron chi connectivity index (χ1n) is 7.84. The van der Waals surface area contributed by atoms with Gasteiger partial charge in [0.15, 0.2) is 0 Å². The largest absolute Gasteiger partial charge is 0.480 e. The molecule has 0 bridgehead atoms. The Bertz CT molecular complexity index is 902. The molecule has 3 rings (SSSR count). The van der Waals surface area contributed by atoms with Crippen molar-refractivity contribution in [1.82, 2.24) is 10.3 Å². The van der Waals surface area contributed by atoms with Gasteiger partial charge < -0.3 is 15.4 Å². The highest BCUT2D eigenvalue weighted by atomic mass is 35.5. The molecule has 2 aromatic carbocycles. The van der Waals surface area contributed by atoms with E-state index in [1.807, 2.05) is 24.3 Å². The molecule has 1 atom stereocenters. The molecule has 0 aliphatic heterocycles. The number of aromatic amines is 1. The maximum Gasteiger partial charge on any atom is 0.326 e. The van der Waals surface area contributed by atoms with Gasteiger partial charge in [-0.05, 0) is 29.3 Å². The van der Waals surface area contributed by atoms with Crippen molar-refractivity contribution in [3.05, 3.63) is 70.9 Å². The van der Waals surface area contributed by atoms with Crippen molar-refractivity contribution < 1.29 is 14.7 Å². The van der Waals surface area contributed by atoms with Crippen molar-refractivity contribution in [2.75, 3.05) is 0 Å². The number of carbonyl (C=O) groups excluding carboxylic acids is 1. The van der Waals surface area contributed by atoms with E-state index in [2.05, 4.69) is 10.3 Å². The number of hydrogen-bond donors (Lipinski definition) is 3. The molecule has 25 heavy (non-hydrogen) atoms. The van der Waals surface area contributed by atoms with E-state index in [0.717, 1.165) is 22.0 Å². The zero-order valence-corrected chi connectivity index (χ0v) is 14.1. The Morgan fingerprint density at radius 1 is 1.12 bits per heavy atom. The van der Waals surface area contributed by atoms with E-state index in [4.69, 9.17) is 11.6 Å². The van der Waals surface area contributed by atoms with Crippen LogP contribution in [0, 0.1) is 0 Å². The van der Waals surface area contributed by atoms with E-state index in [1.54, 1.807) is 30.5 Å². The van der Waals surface area contributed by atoms with Crippen LogP contribution in [0.3, 0.4) is 0 Å². The van der Waals surface area contributed by atoms with Crippen molar-refractivity contribution >= 4 is 34.4 Å². The fraction of sp³-hybridized carbons (Fsp3) is 0.158. The number of hydrogen-bond acceptors (Lipinski definition) is 2. The minimum Gasteiger partial charge on any atom is -0.480 e. The van der Waals surface area contributed by atoms with Crippen LogP contribution in [0.4, 0.5) is 0 Å². The number of carbonyl (C=O) groups is 2. The summed E-state index contributed by atoms with van der Waals surface area (Å²) in [5.74, 6) is -1.40. The van der Waals surface area contributed by atoms with Crippen molar-refractivity contribution in [3.8, 4) is 0 Å². The standard InChI is InChI=1S/C19H17ClN2O3/c20-14-7-5-12(6-8-14)9-18(23)22-17(19(24)25)10-13-11-21-16-4-2-1-3-15(13)16/h1-8,11,17,21H,9-10H2,(H,22,23)(H,24,25). The summed E-state index contributed by atoms with van der Waals surface area (Å²) in [5.41, 5.74) is 2.57. The van der Waals surface area contributed by atoms with Crippen LogP contribution in [-0.4, -0.2) is 28.0 Å². The van der Waals surface area contributed by atoms with Gasteiger partial charge in [0.2, 0.25) is 5.91 Å². The molecular formula is C19H17ClN2O3. The number of carboxylic acids is 1. The Hall–Kier alpha value is -2.79. The van der Waals surface area contributed by atoms with Crippen LogP contribution in [0.2, 0.25) is 5.02 Å². The molecule has 5 nitrogen and oxygen atoms in total. The van der Waals surface area contributed by atoms with Gasteiger partial charge >= 0.3 is 5.97 Å². The molecule has 1 amide bonds. The minimum atomic E-state index is -1.06. The topological polar surface area (TPSA) is 82.2 Å². The first-order valence-corrected chi connectivity index (χ1v) is 8.22. The Morgan fingerprint density at radius 3 is 2.56 bits per heavy atom. The zero-order valence-electron chi connectivity index (χ0n) is 13.3. The molecule has 0 saturated heterocycles. The summed E-state index contributed by atoms with van der Waals surface area (Å²) >= 11 is 5.82. The lowest BCUT2D eigenvalue weighted by Crippen LogP contribution is -2.43. The molecule has 1 aromatic heterocycles.